The molecule has 3 heteroatoms. The van der Waals surface area contributed by atoms with Crippen LogP contribution in [-0.2, 0) is 4.79 Å². The third-order valence-electron chi connectivity index (χ3n) is 4.50. The second kappa shape index (κ2) is 3.80. The minimum Gasteiger partial charge on any atom is -0.550 e. The van der Waals surface area contributed by atoms with Crippen molar-refractivity contribution in [2.45, 2.75) is 32.1 Å². The summed E-state index contributed by atoms with van der Waals surface area (Å²) in [5.41, 5.74) is 0. The van der Waals surface area contributed by atoms with Gasteiger partial charge in [0, 0.05) is 11.9 Å². The molecule has 2 nitrogen and oxygen atoms in total. The summed E-state index contributed by atoms with van der Waals surface area (Å²) in [6.45, 7) is 0. The molecule has 4 aliphatic carbocycles. The van der Waals surface area contributed by atoms with Crippen molar-refractivity contribution in [3.8, 4) is 0 Å². The number of hydrogen-bond donors (Lipinski definition) is 0. The van der Waals surface area contributed by atoms with Crippen molar-refractivity contribution in [3.05, 3.63) is 0 Å². The van der Waals surface area contributed by atoms with Gasteiger partial charge < -0.3 is 9.90 Å². The van der Waals surface area contributed by atoms with Gasteiger partial charge in [-0.2, -0.15) is 0 Å². The molecule has 0 aliphatic heterocycles. The van der Waals surface area contributed by atoms with Gasteiger partial charge in [0.05, 0.1) is 0 Å². The van der Waals surface area contributed by atoms with Crippen LogP contribution >= 0.6 is 0 Å². The van der Waals surface area contributed by atoms with E-state index in [1.165, 1.54) is 32.1 Å². The van der Waals surface area contributed by atoms with Crippen LogP contribution in [0, 0.1) is 29.6 Å². The van der Waals surface area contributed by atoms with Gasteiger partial charge in [-0.05, 0) is 55.8 Å². The molecular weight excluding hydrogens is 187 g/mol. The number of carboxylic acid groups (broad SMARTS) is 1. The SMILES string of the molecule is O=C([O-])C1C2CC3CC(C2)CC1C3.[Na+]. The van der Waals surface area contributed by atoms with E-state index < -0.39 is 5.97 Å². The molecule has 0 atom stereocenters. The van der Waals surface area contributed by atoms with E-state index in [9.17, 15) is 9.90 Å². The smallest absolute Gasteiger partial charge is 0.550 e. The second-order valence-corrected chi connectivity index (χ2v) is 5.28. The summed E-state index contributed by atoms with van der Waals surface area (Å²) < 4.78 is 0. The molecule has 72 valence electrons. The van der Waals surface area contributed by atoms with Crippen molar-refractivity contribution in [3.63, 3.8) is 0 Å². The Morgan fingerprint density at radius 1 is 0.929 bits per heavy atom. The summed E-state index contributed by atoms with van der Waals surface area (Å²) in [5.74, 6) is 1.81. The van der Waals surface area contributed by atoms with Gasteiger partial charge in [-0.3, -0.25) is 0 Å². The van der Waals surface area contributed by atoms with E-state index in [-0.39, 0.29) is 35.5 Å². The fraction of sp³-hybridized carbons (Fsp3) is 0.909. The zero-order chi connectivity index (χ0) is 9.00. The third-order valence-corrected chi connectivity index (χ3v) is 4.50. The molecule has 0 unspecified atom stereocenters. The van der Waals surface area contributed by atoms with E-state index in [0.29, 0.717) is 11.8 Å². The Bertz CT molecular complexity index is 224. The molecule has 14 heavy (non-hydrogen) atoms. The molecule has 0 spiro atoms. The van der Waals surface area contributed by atoms with Crippen LogP contribution in [0.1, 0.15) is 32.1 Å². The van der Waals surface area contributed by atoms with Gasteiger partial charge in [-0.1, -0.05) is 0 Å². The molecule has 4 saturated carbocycles. The Balaban J connectivity index is 0.000000750. The molecule has 0 radical (unpaired) electrons. The van der Waals surface area contributed by atoms with Gasteiger partial charge in [-0.25, -0.2) is 0 Å². The summed E-state index contributed by atoms with van der Waals surface area (Å²) in [6, 6.07) is 0. The summed E-state index contributed by atoms with van der Waals surface area (Å²) in [4.78, 5) is 11.0. The molecule has 0 amide bonds. The van der Waals surface area contributed by atoms with Crippen molar-refractivity contribution in [1.82, 2.24) is 0 Å². The minimum absolute atomic E-state index is 0. The fourth-order valence-corrected chi connectivity index (χ4v) is 4.31. The van der Waals surface area contributed by atoms with E-state index in [4.69, 9.17) is 0 Å². The Hall–Kier alpha value is 0.470. The molecular formula is C11H15NaO2. The first-order valence-electron chi connectivity index (χ1n) is 5.45. The van der Waals surface area contributed by atoms with Crippen LogP contribution in [-0.4, -0.2) is 5.97 Å². The van der Waals surface area contributed by atoms with Crippen molar-refractivity contribution in [2.75, 3.05) is 0 Å². The third kappa shape index (κ3) is 1.56. The van der Waals surface area contributed by atoms with E-state index in [1.54, 1.807) is 0 Å². The maximum absolute atomic E-state index is 11.0. The van der Waals surface area contributed by atoms with Crippen LogP contribution in [0.3, 0.4) is 0 Å². The van der Waals surface area contributed by atoms with E-state index in [2.05, 4.69) is 0 Å². The minimum atomic E-state index is -0.770. The van der Waals surface area contributed by atoms with Crippen LogP contribution in [0.2, 0.25) is 0 Å². The average Bonchev–Trinajstić information content (AvgIpc) is 2.00. The first-order chi connectivity index (χ1) is 6.24. The van der Waals surface area contributed by atoms with Gasteiger partial charge in [0.25, 0.3) is 0 Å². The molecule has 0 aromatic heterocycles. The maximum atomic E-state index is 11.0. The van der Waals surface area contributed by atoms with Crippen LogP contribution in [0.15, 0.2) is 0 Å². The predicted molar refractivity (Wildman–Crippen MR) is 45.5 cm³/mol. The molecule has 0 aromatic rings. The standard InChI is InChI=1S/C11H16O2.Na/c12-11(13)10-8-2-6-1-7(4-8)5-9(10)3-6;/h6-10H,1-5H2,(H,12,13);/q;+1/p-1. The van der Waals surface area contributed by atoms with Crippen LogP contribution in [0.4, 0.5) is 0 Å². The number of aliphatic carboxylic acids is 1. The monoisotopic (exact) mass is 202 g/mol. The van der Waals surface area contributed by atoms with Crippen molar-refractivity contribution >= 4 is 5.97 Å². The number of rotatable bonds is 1. The van der Waals surface area contributed by atoms with Crippen LogP contribution < -0.4 is 34.7 Å². The molecule has 0 N–H and O–H groups in total. The van der Waals surface area contributed by atoms with Gasteiger partial charge >= 0.3 is 29.6 Å². The summed E-state index contributed by atoms with van der Waals surface area (Å²) in [5, 5.41) is 11.0. The Morgan fingerprint density at radius 2 is 1.36 bits per heavy atom. The predicted octanol–water partition coefficient (Wildman–Crippen LogP) is -2.19. The van der Waals surface area contributed by atoms with Gasteiger partial charge in [-0.15, -0.1) is 0 Å². The molecule has 0 saturated heterocycles. The van der Waals surface area contributed by atoms with Crippen LogP contribution in [0.5, 0.6) is 0 Å². The Labute approximate surface area is 107 Å². The maximum Gasteiger partial charge on any atom is 1.00 e. The molecule has 4 aliphatic rings. The number of carbonyl (C=O) groups is 1. The van der Waals surface area contributed by atoms with E-state index in [0.717, 1.165) is 11.8 Å². The second-order valence-electron chi connectivity index (χ2n) is 5.28. The summed E-state index contributed by atoms with van der Waals surface area (Å²) in [6.07, 6.45) is 6.07. The van der Waals surface area contributed by atoms with Gasteiger partial charge in [0.15, 0.2) is 0 Å². The van der Waals surface area contributed by atoms with Crippen molar-refractivity contribution in [1.29, 1.82) is 0 Å². The molecule has 4 rings (SSSR count). The normalized spacial score (nSPS) is 48.7. The zero-order valence-electron chi connectivity index (χ0n) is 8.74. The van der Waals surface area contributed by atoms with Crippen LogP contribution in [0.25, 0.3) is 0 Å². The van der Waals surface area contributed by atoms with Gasteiger partial charge in [0.2, 0.25) is 0 Å². The largest absolute Gasteiger partial charge is 1.00 e. The fourth-order valence-electron chi connectivity index (χ4n) is 4.31. The Morgan fingerprint density at radius 3 is 1.71 bits per heavy atom. The molecule has 0 heterocycles. The number of hydrogen-bond acceptors (Lipinski definition) is 2. The summed E-state index contributed by atoms with van der Waals surface area (Å²) >= 11 is 0. The van der Waals surface area contributed by atoms with Crippen molar-refractivity contribution in [2.24, 2.45) is 29.6 Å². The Kier molecular flexibility index (Phi) is 2.98. The number of carboxylic acids is 1. The first-order valence-corrected chi connectivity index (χ1v) is 5.45. The zero-order valence-corrected chi connectivity index (χ0v) is 10.7. The quantitative estimate of drug-likeness (QED) is 0.453. The first kappa shape index (κ1) is 11.0. The van der Waals surface area contributed by atoms with Gasteiger partial charge in [0.1, 0.15) is 0 Å². The summed E-state index contributed by atoms with van der Waals surface area (Å²) in [7, 11) is 0. The molecule has 0 aromatic carbocycles. The van der Waals surface area contributed by atoms with E-state index >= 15 is 0 Å². The molecule has 4 bridgehead atoms. The molecule has 4 fully saturated rings. The van der Waals surface area contributed by atoms with Crippen molar-refractivity contribution < 1.29 is 39.5 Å². The van der Waals surface area contributed by atoms with E-state index in [1.807, 2.05) is 0 Å². The topological polar surface area (TPSA) is 40.1 Å². The number of carbonyl (C=O) groups excluding carboxylic acids is 1. The average molecular weight is 202 g/mol.